The third-order valence-corrected chi connectivity index (χ3v) is 4.99. The maximum Gasteiger partial charge on any atom is 0.387 e. The molecule has 0 saturated carbocycles. The SMILES string of the molecule is O=C(NCC(c1ccccc1Cl)N1CCCC1)c1ccccc1OC(F)F. The summed E-state index contributed by atoms with van der Waals surface area (Å²) in [5, 5.41) is 3.49. The monoisotopic (exact) mass is 394 g/mol. The molecule has 1 N–H and O–H groups in total. The molecule has 1 atom stereocenters. The Morgan fingerprint density at radius 3 is 2.48 bits per heavy atom. The van der Waals surface area contributed by atoms with Crippen LogP contribution < -0.4 is 10.1 Å². The van der Waals surface area contributed by atoms with Crippen LogP contribution in [-0.4, -0.2) is 37.1 Å². The van der Waals surface area contributed by atoms with E-state index in [-0.39, 0.29) is 17.4 Å². The summed E-state index contributed by atoms with van der Waals surface area (Å²) >= 11 is 6.37. The van der Waals surface area contributed by atoms with Crippen LogP contribution >= 0.6 is 11.6 Å². The summed E-state index contributed by atoms with van der Waals surface area (Å²) in [6, 6.07) is 13.5. The molecule has 3 rings (SSSR count). The predicted octanol–water partition coefficient (Wildman–Crippen LogP) is 4.51. The molecule has 4 nitrogen and oxygen atoms in total. The lowest BCUT2D eigenvalue weighted by atomic mass is 10.0. The van der Waals surface area contributed by atoms with Gasteiger partial charge in [-0.2, -0.15) is 8.78 Å². The summed E-state index contributed by atoms with van der Waals surface area (Å²) in [6.07, 6.45) is 2.19. The molecule has 2 aromatic rings. The van der Waals surface area contributed by atoms with Gasteiger partial charge >= 0.3 is 6.61 Å². The van der Waals surface area contributed by atoms with E-state index < -0.39 is 12.5 Å². The second-order valence-corrected chi connectivity index (χ2v) is 6.77. The van der Waals surface area contributed by atoms with Gasteiger partial charge in [-0.05, 0) is 49.7 Å². The smallest absolute Gasteiger partial charge is 0.387 e. The Balaban J connectivity index is 1.76. The Hall–Kier alpha value is -2.18. The zero-order chi connectivity index (χ0) is 19.2. The van der Waals surface area contributed by atoms with Gasteiger partial charge in [0.15, 0.2) is 0 Å². The molecule has 1 heterocycles. The molecule has 1 amide bonds. The first-order chi connectivity index (χ1) is 13.1. The lowest BCUT2D eigenvalue weighted by Gasteiger charge is -2.29. The van der Waals surface area contributed by atoms with E-state index in [0.29, 0.717) is 11.6 Å². The fourth-order valence-electron chi connectivity index (χ4n) is 3.37. The van der Waals surface area contributed by atoms with Gasteiger partial charge in [-0.15, -0.1) is 0 Å². The largest absolute Gasteiger partial charge is 0.434 e. The second-order valence-electron chi connectivity index (χ2n) is 6.37. The maximum absolute atomic E-state index is 12.6. The molecule has 0 spiro atoms. The van der Waals surface area contributed by atoms with Crippen molar-refractivity contribution in [1.29, 1.82) is 0 Å². The number of amides is 1. The minimum absolute atomic E-state index is 0.0756. The molecule has 2 aromatic carbocycles. The fraction of sp³-hybridized carbons (Fsp3) is 0.350. The fourth-order valence-corrected chi connectivity index (χ4v) is 3.63. The van der Waals surface area contributed by atoms with Gasteiger partial charge in [0, 0.05) is 11.6 Å². The number of nitrogens with zero attached hydrogens (tertiary/aromatic N) is 1. The molecule has 7 heteroatoms. The highest BCUT2D eigenvalue weighted by molar-refractivity contribution is 6.31. The minimum atomic E-state index is -2.99. The Morgan fingerprint density at radius 2 is 1.78 bits per heavy atom. The lowest BCUT2D eigenvalue weighted by molar-refractivity contribution is -0.0501. The number of halogens is 3. The molecule has 0 radical (unpaired) electrons. The maximum atomic E-state index is 12.6. The molecule has 0 aromatic heterocycles. The number of para-hydroxylation sites is 1. The van der Waals surface area contributed by atoms with E-state index >= 15 is 0 Å². The number of rotatable bonds is 7. The molecule has 27 heavy (non-hydrogen) atoms. The van der Waals surface area contributed by atoms with E-state index in [4.69, 9.17) is 11.6 Å². The molecule has 1 aliphatic heterocycles. The van der Waals surface area contributed by atoms with Gasteiger partial charge < -0.3 is 10.1 Å². The number of carbonyl (C=O) groups is 1. The average Bonchev–Trinajstić information content (AvgIpc) is 3.17. The first-order valence-corrected chi connectivity index (χ1v) is 9.24. The van der Waals surface area contributed by atoms with Crippen LogP contribution in [0.2, 0.25) is 5.02 Å². The van der Waals surface area contributed by atoms with Crippen LogP contribution in [0.1, 0.15) is 34.8 Å². The number of likely N-dealkylation sites (tertiary alicyclic amines) is 1. The molecule has 1 saturated heterocycles. The van der Waals surface area contributed by atoms with E-state index in [1.165, 1.54) is 12.1 Å². The van der Waals surface area contributed by atoms with Crippen LogP contribution in [0.5, 0.6) is 5.75 Å². The Kier molecular flexibility index (Phi) is 6.63. The number of hydrogen-bond donors (Lipinski definition) is 1. The van der Waals surface area contributed by atoms with Gasteiger partial charge in [-0.1, -0.05) is 41.9 Å². The number of carbonyl (C=O) groups excluding carboxylic acids is 1. The highest BCUT2D eigenvalue weighted by atomic mass is 35.5. The van der Waals surface area contributed by atoms with E-state index in [0.717, 1.165) is 31.5 Å². The molecule has 0 aliphatic carbocycles. The van der Waals surface area contributed by atoms with E-state index in [1.54, 1.807) is 12.1 Å². The van der Waals surface area contributed by atoms with Gasteiger partial charge in [-0.3, -0.25) is 9.69 Å². The van der Waals surface area contributed by atoms with Crippen molar-refractivity contribution in [2.75, 3.05) is 19.6 Å². The van der Waals surface area contributed by atoms with Crippen LogP contribution in [0.4, 0.5) is 8.78 Å². The van der Waals surface area contributed by atoms with Gasteiger partial charge in [0.25, 0.3) is 5.91 Å². The van der Waals surface area contributed by atoms with Gasteiger partial charge in [-0.25, -0.2) is 0 Å². The van der Waals surface area contributed by atoms with Crippen molar-refractivity contribution in [2.45, 2.75) is 25.5 Å². The predicted molar refractivity (Wildman–Crippen MR) is 100 cm³/mol. The van der Waals surface area contributed by atoms with Crippen LogP contribution in [-0.2, 0) is 0 Å². The number of alkyl halides is 2. The summed E-state index contributed by atoms with van der Waals surface area (Å²) in [5.74, 6) is -0.594. The molecule has 144 valence electrons. The number of hydrogen-bond acceptors (Lipinski definition) is 3. The quantitative estimate of drug-likeness (QED) is 0.751. The summed E-state index contributed by atoms with van der Waals surface area (Å²) in [4.78, 5) is 14.9. The van der Waals surface area contributed by atoms with Crippen molar-refractivity contribution in [3.8, 4) is 5.75 Å². The summed E-state index contributed by atoms with van der Waals surface area (Å²) in [6.45, 7) is -0.807. The number of nitrogens with one attached hydrogen (secondary N) is 1. The van der Waals surface area contributed by atoms with E-state index in [2.05, 4.69) is 15.0 Å². The summed E-state index contributed by atoms with van der Waals surface area (Å²) in [5.41, 5.74) is 1.02. The molecular formula is C20H21ClF2N2O2. The number of benzene rings is 2. The Morgan fingerprint density at radius 1 is 1.11 bits per heavy atom. The van der Waals surface area contributed by atoms with Crippen LogP contribution in [0.25, 0.3) is 0 Å². The van der Waals surface area contributed by atoms with E-state index in [1.807, 2.05) is 24.3 Å². The Bertz CT molecular complexity index is 782. The zero-order valence-corrected chi connectivity index (χ0v) is 15.5. The van der Waals surface area contributed by atoms with Crippen molar-refractivity contribution in [1.82, 2.24) is 10.2 Å². The molecule has 1 unspecified atom stereocenters. The van der Waals surface area contributed by atoms with Crippen molar-refractivity contribution in [3.05, 3.63) is 64.7 Å². The standard InChI is InChI=1S/C20H21ClF2N2O2/c21-16-9-3-1-7-14(16)17(25-11-5-6-12-25)13-24-19(26)15-8-2-4-10-18(15)27-20(22)23/h1-4,7-10,17,20H,5-6,11-13H2,(H,24,26). The number of ether oxygens (including phenoxy) is 1. The third kappa shape index (κ3) is 4.96. The molecular weight excluding hydrogens is 374 g/mol. The lowest BCUT2D eigenvalue weighted by Crippen LogP contribution is -2.37. The van der Waals surface area contributed by atoms with Crippen LogP contribution in [0, 0.1) is 0 Å². The van der Waals surface area contributed by atoms with Gasteiger partial charge in [0.1, 0.15) is 5.75 Å². The van der Waals surface area contributed by atoms with Gasteiger partial charge in [0.05, 0.1) is 11.6 Å². The first-order valence-electron chi connectivity index (χ1n) is 8.87. The van der Waals surface area contributed by atoms with Crippen molar-refractivity contribution < 1.29 is 18.3 Å². The molecule has 0 bridgehead atoms. The van der Waals surface area contributed by atoms with Crippen molar-refractivity contribution in [3.63, 3.8) is 0 Å². The van der Waals surface area contributed by atoms with Crippen molar-refractivity contribution >= 4 is 17.5 Å². The topological polar surface area (TPSA) is 41.6 Å². The summed E-state index contributed by atoms with van der Waals surface area (Å²) in [7, 11) is 0. The van der Waals surface area contributed by atoms with Gasteiger partial charge in [0.2, 0.25) is 0 Å². The van der Waals surface area contributed by atoms with E-state index in [9.17, 15) is 13.6 Å². The second kappa shape index (κ2) is 9.15. The first kappa shape index (κ1) is 19.6. The van der Waals surface area contributed by atoms with Crippen LogP contribution in [0.15, 0.2) is 48.5 Å². The highest BCUT2D eigenvalue weighted by Gasteiger charge is 2.26. The highest BCUT2D eigenvalue weighted by Crippen LogP contribution is 2.30. The average molecular weight is 395 g/mol. The minimum Gasteiger partial charge on any atom is -0.434 e. The Labute approximate surface area is 162 Å². The summed E-state index contributed by atoms with van der Waals surface area (Å²) < 4.78 is 29.6. The van der Waals surface area contributed by atoms with Crippen LogP contribution in [0.3, 0.4) is 0 Å². The molecule has 1 fully saturated rings. The zero-order valence-electron chi connectivity index (χ0n) is 14.7. The van der Waals surface area contributed by atoms with Crippen molar-refractivity contribution in [2.24, 2.45) is 0 Å². The third-order valence-electron chi connectivity index (χ3n) is 4.65. The normalized spacial score (nSPS) is 15.7. The molecule has 1 aliphatic rings.